The van der Waals surface area contributed by atoms with Crippen molar-refractivity contribution in [2.75, 3.05) is 11.5 Å². The molecule has 4 N–H and O–H groups in total. The molecule has 6 nitrogen and oxygen atoms in total. The van der Waals surface area contributed by atoms with E-state index >= 15 is 0 Å². The summed E-state index contributed by atoms with van der Waals surface area (Å²) in [5, 5.41) is 0. The Balaban J connectivity index is 2.57. The zero-order valence-corrected chi connectivity index (χ0v) is 7.56. The summed E-state index contributed by atoms with van der Waals surface area (Å²) in [5.41, 5.74) is 12.3. The number of anilines is 2. The first-order chi connectivity index (χ1) is 6.66. The standard InChI is InChI=1S/C8H9N5O/c1-4-7(14-3-11-4)5-2-6(9)13-8(10)12-5/h2-3H,1H3,(H4,9,10,12,13). The minimum Gasteiger partial charge on any atom is -0.442 e. The summed E-state index contributed by atoms with van der Waals surface area (Å²) in [6.45, 7) is 1.81. The fraction of sp³-hybridized carbons (Fsp3) is 0.125. The van der Waals surface area contributed by atoms with Gasteiger partial charge in [0.15, 0.2) is 12.2 Å². The van der Waals surface area contributed by atoms with Crippen LogP contribution in [0.15, 0.2) is 16.9 Å². The number of hydrogen-bond acceptors (Lipinski definition) is 6. The SMILES string of the molecule is Cc1ncoc1-c1cc(N)nc(N)n1. The Hall–Kier alpha value is -2.11. The molecule has 2 aromatic rings. The number of oxazole rings is 1. The van der Waals surface area contributed by atoms with E-state index in [1.807, 2.05) is 6.92 Å². The summed E-state index contributed by atoms with van der Waals surface area (Å²) < 4.78 is 5.15. The molecule has 0 saturated heterocycles. The van der Waals surface area contributed by atoms with Crippen LogP contribution in [0.5, 0.6) is 0 Å². The highest BCUT2D eigenvalue weighted by Crippen LogP contribution is 2.21. The molecular formula is C8H9N5O. The van der Waals surface area contributed by atoms with Gasteiger partial charge in [0.1, 0.15) is 11.5 Å². The monoisotopic (exact) mass is 191 g/mol. The van der Waals surface area contributed by atoms with Crippen molar-refractivity contribution in [1.29, 1.82) is 0 Å². The normalized spacial score (nSPS) is 10.4. The molecule has 6 heteroatoms. The molecule has 0 aliphatic rings. The number of nitrogen functional groups attached to an aromatic ring is 2. The molecule has 0 aromatic carbocycles. The first-order valence-corrected chi connectivity index (χ1v) is 3.97. The van der Waals surface area contributed by atoms with E-state index in [-0.39, 0.29) is 5.95 Å². The quantitative estimate of drug-likeness (QED) is 0.684. The Kier molecular flexibility index (Phi) is 1.81. The molecule has 0 saturated carbocycles. The summed E-state index contributed by atoms with van der Waals surface area (Å²) in [6.07, 6.45) is 1.35. The number of aromatic nitrogens is 3. The minimum atomic E-state index is 0.121. The fourth-order valence-electron chi connectivity index (χ4n) is 1.15. The molecule has 0 atom stereocenters. The van der Waals surface area contributed by atoms with E-state index in [1.165, 1.54) is 6.39 Å². The summed E-state index contributed by atoms with van der Waals surface area (Å²) in [7, 11) is 0. The molecule has 2 aromatic heterocycles. The van der Waals surface area contributed by atoms with Crippen LogP contribution < -0.4 is 11.5 Å². The van der Waals surface area contributed by atoms with Crippen LogP contribution in [0.4, 0.5) is 11.8 Å². The average Bonchev–Trinajstić information content (AvgIpc) is 2.49. The van der Waals surface area contributed by atoms with Gasteiger partial charge in [-0.15, -0.1) is 0 Å². The van der Waals surface area contributed by atoms with Crippen LogP contribution in [0.3, 0.4) is 0 Å². The molecule has 0 spiro atoms. The average molecular weight is 191 g/mol. The number of nitrogens with two attached hydrogens (primary N) is 2. The molecule has 2 heterocycles. The van der Waals surface area contributed by atoms with Gasteiger partial charge >= 0.3 is 0 Å². The first-order valence-electron chi connectivity index (χ1n) is 3.97. The molecule has 0 bridgehead atoms. The van der Waals surface area contributed by atoms with Crippen LogP contribution >= 0.6 is 0 Å². The fourth-order valence-corrected chi connectivity index (χ4v) is 1.15. The summed E-state index contributed by atoms with van der Waals surface area (Å²) in [6, 6.07) is 1.59. The number of aryl methyl sites for hydroxylation is 1. The second-order valence-corrected chi connectivity index (χ2v) is 2.80. The number of hydrogen-bond donors (Lipinski definition) is 2. The molecule has 14 heavy (non-hydrogen) atoms. The Morgan fingerprint density at radius 2 is 2.07 bits per heavy atom. The van der Waals surface area contributed by atoms with Gasteiger partial charge in [0.25, 0.3) is 0 Å². The predicted molar refractivity (Wildman–Crippen MR) is 51.1 cm³/mol. The van der Waals surface area contributed by atoms with Crippen LogP contribution in [0, 0.1) is 6.92 Å². The van der Waals surface area contributed by atoms with E-state index in [0.29, 0.717) is 17.3 Å². The van der Waals surface area contributed by atoms with Gasteiger partial charge in [-0.3, -0.25) is 0 Å². The number of rotatable bonds is 1. The highest BCUT2D eigenvalue weighted by Gasteiger charge is 2.09. The minimum absolute atomic E-state index is 0.121. The lowest BCUT2D eigenvalue weighted by molar-refractivity contribution is 0.569. The third-order valence-electron chi connectivity index (χ3n) is 1.74. The molecule has 0 aliphatic heterocycles. The smallest absolute Gasteiger partial charge is 0.222 e. The molecule has 0 unspecified atom stereocenters. The van der Waals surface area contributed by atoms with Crippen molar-refractivity contribution in [1.82, 2.24) is 15.0 Å². The zero-order chi connectivity index (χ0) is 10.1. The lowest BCUT2D eigenvalue weighted by Gasteiger charge is -1.99. The van der Waals surface area contributed by atoms with Gasteiger partial charge in [0.2, 0.25) is 5.95 Å². The van der Waals surface area contributed by atoms with E-state index < -0.39 is 0 Å². The maximum absolute atomic E-state index is 5.52. The highest BCUT2D eigenvalue weighted by molar-refractivity contribution is 5.59. The largest absolute Gasteiger partial charge is 0.442 e. The Morgan fingerprint density at radius 1 is 1.29 bits per heavy atom. The van der Waals surface area contributed by atoms with Crippen molar-refractivity contribution >= 4 is 11.8 Å². The summed E-state index contributed by atoms with van der Waals surface area (Å²) in [4.78, 5) is 11.7. The van der Waals surface area contributed by atoms with Gasteiger partial charge in [-0.2, -0.15) is 4.98 Å². The lowest BCUT2D eigenvalue weighted by Crippen LogP contribution is -2.00. The van der Waals surface area contributed by atoms with Crippen molar-refractivity contribution in [3.63, 3.8) is 0 Å². The van der Waals surface area contributed by atoms with E-state index in [1.54, 1.807) is 6.07 Å². The molecular weight excluding hydrogens is 182 g/mol. The zero-order valence-electron chi connectivity index (χ0n) is 7.56. The van der Waals surface area contributed by atoms with Crippen molar-refractivity contribution in [2.24, 2.45) is 0 Å². The molecule has 0 fully saturated rings. The van der Waals surface area contributed by atoms with Gasteiger partial charge in [0, 0.05) is 6.07 Å². The second kappa shape index (κ2) is 2.99. The van der Waals surface area contributed by atoms with E-state index in [0.717, 1.165) is 5.69 Å². The Morgan fingerprint density at radius 3 is 2.64 bits per heavy atom. The highest BCUT2D eigenvalue weighted by atomic mass is 16.3. The van der Waals surface area contributed by atoms with E-state index in [4.69, 9.17) is 15.9 Å². The Bertz CT molecular complexity index is 444. The summed E-state index contributed by atoms with van der Waals surface area (Å²) >= 11 is 0. The maximum Gasteiger partial charge on any atom is 0.222 e. The molecule has 0 radical (unpaired) electrons. The third kappa shape index (κ3) is 1.37. The van der Waals surface area contributed by atoms with Gasteiger partial charge < -0.3 is 15.9 Å². The summed E-state index contributed by atoms with van der Waals surface area (Å²) in [5.74, 6) is 0.991. The Labute approximate surface area is 80.0 Å². The second-order valence-electron chi connectivity index (χ2n) is 2.80. The molecule has 72 valence electrons. The maximum atomic E-state index is 5.52. The molecule has 0 amide bonds. The predicted octanol–water partition coefficient (Wildman–Crippen LogP) is 0.604. The van der Waals surface area contributed by atoms with Crippen molar-refractivity contribution in [3.8, 4) is 11.5 Å². The molecule has 0 aliphatic carbocycles. The van der Waals surface area contributed by atoms with Gasteiger partial charge in [-0.25, -0.2) is 9.97 Å². The van der Waals surface area contributed by atoms with Gasteiger partial charge in [-0.05, 0) is 6.92 Å². The van der Waals surface area contributed by atoms with Crippen LogP contribution in [0.25, 0.3) is 11.5 Å². The third-order valence-corrected chi connectivity index (χ3v) is 1.74. The molecule has 2 rings (SSSR count). The van der Waals surface area contributed by atoms with Crippen LogP contribution in [-0.2, 0) is 0 Å². The van der Waals surface area contributed by atoms with Crippen LogP contribution in [0.2, 0.25) is 0 Å². The van der Waals surface area contributed by atoms with E-state index in [2.05, 4.69) is 15.0 Å². The van der Waals surface area contributed by atoms with Crippen molar-refractivity contribution in [2.45, 2.75) is 6.92 Å². The van der Waals surface area contributed by atoms with Crippen molar-refractivity contribution in [3.05, 3.63) is 18.2 Å². The number of nitrogens with zero attached hydrogens (tertiary/aromatic N) is 3. The topological polar surface area (TPSA) is 104 Å². The van der Waals surface area contributed by atoms with Gasteiger partial charge in [0.05, 0.1) is 5.69 Å². The van der Waals surface area contributed by atoms with E-state index in [9.17, 15) is 0 Å². The van der Waals surface area contributed by atoms with Crippen molar-refractivity contribution < 1.29 is 4.42 Å². The van der Waals surface area contributed by atoms with Crippen LogP contribution in [0.1, 0.15) is 5.69 Å². The lowest BCUT2D eigenvalue weighted by atomic mass is 10.2. The van der Waals surface area contributed by atoms with Gasteiger partial charge in [-0.1, -0.05) is 0 Å². The first kappa shape index (κ1) is 8.49. The van der Waals surface area contributed by atoms with Crippen LogP contribution in [-0.4, -0.2) is 15.0 Å².